The van der Waals surface area contributed by atoms with E-state index >= 15 is 0 Å². The number of hydrogen-bond acceptors (Lipinski definition) is 3. The monoisotopic (exact) mass is 434 g/mol. The third-order valence-electron chi connectivity index (χ3n) is 6.33. The number of nitrogens with zero attached hydrogens (tertiary/aromatic N) is 4. The Hall–Kier alpha value is -2.24. The van der Waals surface area contributed by atoms with Gasteiger partial charge < -0.3 is 0 Å². The number of rotatable bonds is 5. The highest BCUT2D eigenvalue weighted by Gasteiger charge is 2.20. The van der Waals surface area contributed by atoms with Crippen molar-refractivity contribution in [1.82, 2.24) is 19.2 Å². The zero-order chi connectivity index (χ0) is 22.0. The second kappa shape index (κ2) is 9.09. The van der Waals surface area contributed by atoms with Gasteiger partial charge in [0.05, 0.1) is 13.2 Å². The zero-order valence-electron chi connectivity index (χ0n) is 19.2. The molecule has 0 unspecified atom stereocenters. The molecule has 0 N–H and O–H groups in total. The van der Waals surface area contributed by atoms with E-state index in [4.69, 9.17) is 17.3 Å². The Morgan fingerprint density at radius 2 is 1.61 bits per heavy atom. The summed E-state index contributed by atoms with van der Waals surface area (Å²) in [6.45, 7) is 12.8. The normalized spacial score (nSPS) is 16.0. The molecule has 2 heterocycles. The second-order valence-corrected chi connectivity index (χ2v) is 10.3. The van der Waals surface area contributed by atoms with Crippen LogP contribution >= 0.6 is 12.2 Å². The summed E-state index contributed by atoms with van der Waals surface area (Å²) < 4.78 is 4.99. The van der Waals surface area contributed by atoms with Crippen molar-refractivity contribution >= 4 is 12.2 Å². The summed E-state index contributed by atoms with van der Waals surface area (Å²) in [6, 6.07) is 19.3. The minimum Gasteiger partial charge on any atom is -0.295 e. The van der Waals surface area contributed by atoms with Gasteiger partial charge in [-0.05, 0) is 47.5 Å². The first-order valence-electron chi connectivity index (χ1n) is 11.4. The van der Waals surface area contributed by atoms with Gasteiger partial charge in [-0.3, -0.25) is 9.47 Å². The maximum absolute atomic E-state index is 5.93. The predicted octanol–water partition coefficient (Wildman–Crippen LogP) is 6.12. The van der Waals surface area contributed by atoms with Gasteiger partial charge >= 0.3 is 0 Å². The lowest BCUT2D eigenvalue weighted by molar-refractivity contribution is 0.146. The molecule has 1 saturated heterocycles. The van der Waals surface area contributed by atoms with Gasteiger partial charge in [0.1, 0.15) is 0 Å². The Morgan fingerprint density at radius 1 is 0.968 bits per heavy atom. The lowest BCUT2D eigenvalue weighted by atomic mass is 9.87. The van der Waals surface area contributed by atoms with Crippen LogP contribution in [0.2, 0.25) is 0 Å². The van der Waals surface area contributed by atoms with Gasteiger partial charge in [0, 0.05) is 18.7 Å². The first-order chi connectivity index (χ1) is 14.8. The van der Waals surface area contributed by atoms with Gasteiger partial charge in [-0.1, -0.05) is 82.3 Å². The number of piperidine rings is 1. The highest BCUT2D eigenvalue weighted by molar-refractivity contribution is 7.71. The van der Waals surface area contributed by atoms with Gasteiger partial charge in [-0.15, -0.1) is 0 Å². The molecule has 0 atom stereocenters. The quantitative estimate of drug-likeness (QED) is 0.453. The molecule has 1 aliphatic rings. The summed E-state index contributed by atoms with van der Waals surface area (Å²) in [5.74, 6) is 1.76. The van der Waals surface area contributed by atoms with Gasteiger partial charge in [-0.2, -0.15) is 5.10 Å². The van der Waals surface area contributed by atoms with Crippen LogP contribution in [-0.4, -0.2) is 32.3 Å². The molecule has 0 amide bonds. The first-order valence-corrected chi connectivity index (χ1v) is 11.8. The summed E-state index contributed by atoms with van der Waals surface area (Å²) in [4.78, 5) is 2.47. The van der Waals surface area contributed by atoms with Crippen LogP contribution < -0.4 is 0 Å². The average molecular weight is 435 g/mol. The zero-order valence-corrected chi connectivity index (χ0v) is 20.0. The van der Waals surface area contributed by atoms with Gasteiger partial charge in [0.2, 0.25) is 0 Å². The van der Waals surface area contributed by atoms with Crippen LogP contribution in [0.15, 0.2) is 54.6 Å². The van der Waals surface area contributed by atoms with Crippen LogP contribution in [0.5, 0.6) is 0 Å². The number of aromatic nitrogens is 3. The topological polar surface area (TPSA) is 26.0 Å². The van der Waals surface area contributed by atoms with E-state index in [-0.39, 0.29) is 5.41 Å². The maximum Gasteiger partial charge on any atom is 0.199 e. The van der Waals surface area contributed by atoms with Crippen molar-refractivity contribution in [1.29, 1.82) is 0 Å². The Kier molecular flexibility index (Phi) is 6.44. The molecule has 0 aliphatic carbocycles. The molecule has 0 radical (unpaired) electrons. The highest BCUT2D eigenvalue weighted by Crippen LogP contribution is 2.26. The fourth-order valence-corrected chi connectivity index (χ4v) is 4.42. The van der Waals surface area contributed by atoms with Crippen LogP contribution in [-0.2, 0) is 18.6 Å². The Bertz CT molecular complexity index is 1050. The molecule has 2 aromatic carbocycles. The van der Waals surface area contributed by atoms with Crippen molar-refractivity contribution in [3.63, 3.8) is 0 Å². The van der Waals surface area contributed by atoms with Crippen molar-refractivity contribution in [2.24, 2.45) is 5.92 Å². The largest absolute Gasteiger partial charge is 0.295 e. The molecule has 1 aliphatic heterocycles. The minimum atomic E-state index is 0.131. The van der Waals surface area contributed by atoms with Crippen molar-refractivity contribution in [2.45, 2.75) is 59.2 Å². The lowest BCUT2D eigenvalue weighted by Gasteiger charge is -2.29. The SMILES string of the molecule is CC1CCN(Cn2nc(-c3ccc(C(C)(C)C)cc3)n(Cc3ccccc3)c2=S)CC1. The fourth-order valence-electron chi connectivity index (χ4n) is 4.17. The van der Waals surface area contributed by atoms with Crippen molar-refractivity contribution in [3.8, 4) is 11.4 Å². The Balaban J connectivity index is 1.69. The molecule has 3 aromatic rings. The summed E-state index contributed by atoms with van der Waals surface area (Å²) >= 11 is 5.93. The molecule has 1 fully saturated rings. The van der Waals surface area contributed by atoms with Gasteiger partial charge in [-0.25, -0.2) is 4.68 Å². The number of likely N-dealkylation sites (tertiary alicyclic amines) is 1. The summed E-state index contributed by atoms with van der Waals surface area (Å²) in [5.41, 5.74) is 3.80. The van der Waals surface area contributed by atoms with Crippen LogP contribution in [0.4, 0.5) is 0 Å². The smallest absolute Gasteiger partial charge is 0.199 e. The third-order valence-corrected chi connectivity index (χ3v) is 6.76. The molecular formula is C26H34N4S. The lowest BCUT2D eigenvalue weighted by Crippen LogP contribution is -2.34. The maximum atomic E-state index is 5.93. The molecule has 0 saturated carbocycles. The molecule has 5 heteroatoms. The van der Waals surface area contributed by atoms with Crippen molar-refractivity contribution in [3.05, 3.63) is 70.5 Å². The van der Waals surface area contributed by atoms with E-state index in [1.54, 1.807) is 0 Å². The molecule has 1 aromatic heterocycles. The standard InChI is InChI=1S/C26H34N4S/c1-20-14-16-28(17-15-20)19-30-25(31)29(18-21-8-6-5-7-9-21)24(27-30)22-10-12-23(13-11-22)26(2,3)4/h5-13,20H,14-19H2,1-4H3. The molecule has 4 rings (SSSR count). The minimum absolute atomic E-state index is 0.131. The number of benzene rings is 2. The number of hydrogen-bond donors (Lipinski definition) is 0. The summed E-state index contributed by atoms with van der Waals surface area (Å²) in [6.07, 6.45) is 2.50. The van der Waals surface area contributed by atoms with Crippen molar-refractivity contribution < 1.29 is 0 Å². The second-order valence-electron chi connectivity index (χ2n) is 9.95. The van der Waals surface area contributed by atoms with E-state index in [1.807, 2.05) is 4.68 Å². The molecule has 164 valence electrons. The van der Waals surface area contributed by atoms with E-state index in [9.17, 15) is 0 Å². The van der Waals surface area contributed by atoms with Crippen molar-refractivity contribution in [2.75, 3.05) is 13.1 Å². The van der Waals surface area contributed by atoms with Crippen LogP contribution in [0.3, 0.4) is 0 Å². The molecule has 0 bridgehead atoms. The van der Waals surface area contributed by atoms with E-state index in [2.05, 4.69) is 91.8 Å². The summed E-state index contributed by atoms with van der Waals surface area (Å²) in [7, 11) is 0. The predicted molar refractivity (Wildman–Crippen MR) is 131 cm³/mol. The third kappa shape index (κ3) is 5.16. The van der Waals surface area contributed by atoms with Crippen LogP contribution in [0.25, 0.3) is 11.4 Å². The average Bonchev–Trinajstić information content (AvgIpc) is 3.05. The highest BCUT2D eigenvalue weighted by atomic mass is 32.1. The molecule has 4 nitrogen and oxygen atoms in total. The van der Waals surface area contributed by atoms with E-state index < -0.39 is 0 Å². The van der Waals surface area contributed by atoms with E-state index in [0.29, 0.717) is 0 Å². The van der Waals surface area contributed by atoms with Crippen LogP contribution in [0.1, 0.15) is 51.7 Å². The molecular weight excluding hydrogens is 400 g/mol. The van der Waals surface area contributed by atoms with Gasteiger partial charge in [0.15, 0.2) is 10.6 Å². The van der Waals surface area contributed by atoms with E-state index in [1.165, 1.54) is 24.0 Å². The first kappa shape index (κ1) is 22.0. The molecule has 0 spiro atoms. The summed E-state index contributed by atoms with van der Waals surface area (Å²) in [5, 5.41) is 5.01. The van der Waals surface area contributed by atoms with Gasteiger partial charge in [0.25, 0.3) is 0 Å². The fraction of sp³-hybridized carbons (Fsp3) is 0.462. The Labute approximate surface area is 191 Å². The van der Waals surface area contributed by atoms with Crippen LogP contribution in [0, 0.1) is 10.7 Å². The molecule has 31 heavy (non-hydrogen) atoms. The van der Waals surface area contributed by atoms with E-state index in [0.717, 1.165) is 48.4 Å². The Morgan fingerprint density at radius 3 is 2.23 bits per heavy atom.